The van der Waals surface area contributed by atoms with E-state index >= 15 is 0 Å². The Labute approximate surface area is 717 Å². The second-order valence-electron chi connectivity index (χ2n) is 31.3. The molecule has 13 aromatic heterocycles. The number of benzene rings is 15. The fraction of sp³-hybridized carbons (Fsp3) is 0. The van der Waals surface area contributed by atoms with Crippen molar-refractivity contribution in [2.45, 2.75) is 0 Å². The number of pyridine rings is 5. The Morgan fingerprint density at radius 2 is 0.605 bits per heavy atom. The summed E-state index contributed by atoms with van der Waals surface area (Å²) in [6.07, 6.45) is 7.56. The van der Waals surface area contributed by atoms with Crippen LogP contribution in [0.3, 0.4) is 0 Å². The third-order valence-electron chi connectivity index (χ3n) is 24.5. The lowest BCUT2D eigenvalue weighted by atomic mass is 10.0. The van der Waals surface area contributed by atoms with Gasteiger partial charge >= 0.3 is 0 Å². The van der Waals surface area contributed by atoms with Crippen molar-refractivity contribution in [3.05, 3.63) is 377 Å². The van der Waals surface area contributed by atoms with Crippen LogP contribution in [0.25, 0.3) is 254 Å². The molecule has 28 rings (SSSR count). The average molecular weight is 1640 g/mol. The maximum Gasteiger partial charge on any atom is 0.162 e. The fourth-order valence-electron chi connectivity index (χ4n) is 19.3. The Balaban J connectivity index is 0.0000001000. The average Bonchev–Trinajstić information content (AvgIpc) is 1.58. The SMILES string of the molecule is c1ccc(-c2nc(-c3ccccc3)c3cc(-n4c5ccccc5c5c6cccnc6c6sc7ccccc7c6c54)ccc3n2)cc1.c1ccc(-c2nc(-n3c4ccccc4c4c5cccnc5c5sc6ccccc6c5c43)c3ccccc3n2)cc1.c1cnc2c(c1)ccc1ccc(-n3c4ccccc4c4c5cccnc5c5sc6ccccc6c5c43)nc12. The molecule has 0 radical (unpaired) electrons. The highest BCUT2D eigenvalue weighted by Crippen LogP contribution is 2.52. The summed E-state index contributed by atoms with van der Waals surface area (Å²) in [4.78, 5) is 45.3. The Morgan fingerprint density at radius 1 is 0.226 bits per heavy atom. The number of hydrogen-bond acceptors (Lipinski definition) is 12. The summed E-state index contributed by atoms with van der Waals surface area (Å²) in [6, 6.07) is 123. The molecule has 124 heavy (non-hydrogen) atoms. The standard InChI is InChI=1S/C41H24N4S.C35H20N4S.C33H18N4S/c1-3-12-25(13-4-1)37-31-24-27(21-22-32(31)43-41(44-37)26-14-5-2-6-15-26)45-33-19-9-7-16-28(33)35-30-18-11-23-42-38(30)40-36(39(35)45)29-17-8-10-20-34(29)46-40;1-2-11-21(12-3-1)34-37-26-17-7-4-13-22(26)35(38-34)39-27-18-8-5-14-23(27)29-25-16-10-20-36-31(25)33-30(32(29)39)24-15-6-9-19-28(24)40-33;1-3-11-24-21(8-1)27-23-10-6-18-35-31(23)33-28(22-9-2-4-12-25(22)38-33)32(27)37(24)26-16-15-20-14-13-19-7-5-17-34-29(19)30(20)36-26/h1-24H;1-20H;1-18H. The van der Waals surface area contributed by atoms with E-state index in [2.05, 4.69) is 299 Å². The minimum atomic E-state index is 0.717. The van der Waals surface area contributed by atoms with Gasteiger partial charge in [0.2, 0.25) is 0 Å². The van der Waals surface area contributed by atoms with Gasteiger partial charge in [0.05, 0.1) is 91.5 Å². The summed E-state index contributed by atoms with van der Waals surface area (Å²) in [5.41, 5.74) is 18.9. The van der Waals surface area contributed by atoms with Crippen LogP contribution in [0.5, 0.6) is 0 Å². The van der Waals surface area contributed by atoms with E-state index in [0.717, 1.165) is 133 Å². The minimum Gasteiger partial charge on any atom is -0.309 e. The number of rotatable bonds is 6. The molecular formula is C109H62N12S3. The molecule has 0 saturated heterocycles. The van der Waals surface area contributed by atoms with Gasteiger partial charge in [-0.25, -0.2) is 24.9 Å². The maximum atomic E-state index is 5.30. The van der Waals surface area contributed by atoms with E-state index in [1.54, 1.807) is 0 Å². The van der Waals surface area contributed by atoms with Crippen LogP contribution >= 0.6 is 34.0 Å². The quantitative estimate of drug-likeness (QED) is 0.149. The lowest BCUT2D eigenvalue weighted by Crippen LogP contribution is -2.03. The summed E-state index contributed by atoms with van der Waals surface area (Å²) in [6.45, 7) is 0. The Hall–Kier alpha value is -15.9. The molecule has 0 saturated carbocycles. The van der Waals surface area contributed by atoms with E-state index in [1.807, 2.05) is 126 Å². The molecule has 28 aromatic rings. The van der Waals surface area contributed by atoms with E-state index in [4.69, 9.17) is 44.9 Å². The molecule has 0 fully saturated rings. The first kappa shape index (κ1) is 70.0. The molecule has 12 nitrogen and oxygen atoms in total. The largest absolute Gasteiger partial charge is 0.309 e. The van der Waals surface area contributed by atoms with Gasteiger partial charge < -0.3 is 4.57 Å². The van der Waals surface area contributed by atoms with Crippen molar-refractivity contribution in [3.8, 4) is 51.4 Å². The highest BCUT2D eigenvalue weighted by molar-refractivity contribution is 7.28. The van der Waals surface area contributed by atoms with Gasteiger partial charge in [0.15, 0.2) is 11.6 Å². The molecular weight excluding hydrogens is 1570 g/mol. The molecule has 0 aliphatic carbocycles. The molecule has 0 atom stereocenters. The van der Waals surface area contributed by atoms with Gasteiger partial charge in [0, 0.05) is 164 Å². The minimum absolute atomic E-state index is 0.717. The number of hydrogen-bond donors (Lipinski definition) is 0. The smallest absolute Gasteiger partial charge is 0.162 e. The number of nitrogens with zero attached hydrogens (tertiary/aromatic N) is 12. The van der Waals surface area contributed by atoms with Crippen LogP contribution in [0.1, 0.15) is 0 Å². The zero-order valence-electron chi connectivity index (χ0n) is 65.9. The van der Waals surface area contributed by atoms with Crippen molar-refractivity contribution in [1.29, 1.82) is 0 Å². The molecule has 13 heterocycles. The van der Waals surface area contributed by atoms with Crippen molar-refractivity contribution in [1.82, 2.24) is 58.6 Å². The number of thiophene rings is 3. The van der Waals surface area contributed by atoms with Gasteiger partial charge in [-0.15, -0.1) is 34.0 Å². The third kappa shape index (κ3) is 10.6. The number of para-hydroxylation sites is 4. The highest BCUT2D eigenvalue weighted by Gasteiger charge is 2.29. The second kappa shape index (κ2) is 27.8. The Bertz CT molecular complexity index is 9360. The second-order valence-corrected chi connectivity index (χ2v) is 34.5. The number of aromatic nitrogens is 12. The summed E-state index contributed by atoms with van der Waals surface area (Å²) in [5.74, 6) is 3.22. The van der Waals surface area contributed by atoms with E-state index in [1.165, 1.54) is 115 Å². The van der Waals surface area contributed by atoms with Crippen molar-refractivity contribution in [2.75, 3.05) is 0 Å². The van der Waals surface area contributed by atoms with Crippen LogP contribution in [-0.2, 0) is 0 Å². The van der Waals surface area contributed by atoms with E-state index in [0.29, 0.717) is 5.82 Å². The lowest BCUT2D eigenvalue weighted by Gasteiger charge is -2.14. The van der Waals surface area contributed by atoms with Gasteiger partial charge in [0.25, 0.3) is 0 Å². The van der Waals surface area contributed by atoms with Crippen molar-refractivity contribution >= 4 is 236 Å². The molecule has 576 valence electrons. The normalized spacial score (nSPS) is 12.0. The van der Waals surface area contributed by atoms with Crippen LogP contribution in [0.4, 0.5) is 0 Å². The van der Waals surface area contributed by atoms with Crippen molar-refractivity contribution in [3.63, 3.8) is 0 Å². The van der Waals surface area contributed by atoms with E-state index < -0.39 is 0 Å². The van der Waals surface area contributed by atoms with Crippen LogP contribution in [0, 0.1) is 0 Å². The molecule has 0 bridgehead atoms. The molecule has 0 N–H and O–H groups in total. The first-order valence-electron chi connectivity index (χ1n) is 41.3. The first-order chi connectivity index (χ1) is 61.6. The number of fused-ring (bicyclic) bond motifs is 35. The topological polar surface area (TPSA) is 131 Å². The summed E-state index contributed by atoms with van der Waals surface area (Å²) >= 11 is 5.46. The Morgan fingerprint density at radius 3 is 1.13 bits per heavy atom. The lowest BCUT2D eigenvalue weighted by molar-refractivity contribution is 1.08. The van der Waals surface area contributed by atoms with Crippen molar-refractivity contribution in [2.24, 2.45) is 0 Å². The van der Waals surface area contributed by atoms with Crippen LogP contribution < -0.4 is 0 Å². The van der Waals surface area contributed by atoms with Crippen LogP contribution in [-0.4, -0.2) is 58.6 Å². The van der Waals surface area contributed by atoms with E-state index in [9.17, 15) is 0 Å². The Kier molecular flexibility index (Phi) is 15.7. The summed E-state index contributed by atoms with van der Waals surface area (Å²) in [5, 5.41) is 22.4. The monoisotopic (exact) mass is 1630 g/mol. The van der Waals surface area contributed by atoms with E-state index in [-0.39, 0.29) is 0 Å². The van der Waals surface area contributed by atoms with Gasteiger partial charge in [0.1, 0.15) is 11.6 Å². The van der Waals surface area contributed by atoms with Crippen LogP contribution in [0.15, 0.2) is 377 Å². The maximum absolute atomic E-state index is 5.30. The predicted octanol–water partition coefficient (Wildman–Crippen LogP) is 29.1. The highest BCUT2D eigenvalue weighted by atomic mass is 32.1. The molecule has 0 amide bonds. The molecule has 0 aliphatic rings. The van der Waals surface area contributed by atoms with Gasteiger partial charge in [-0.05, 0) is 103 Å². The molecule has 15 aromatic carbocycles. The molecule has 0 spiro atoms. The van der Waals surface area contributed by atoms with Gasteiger partial charge in [-0.1, -0.05) is 249 Å². The molecule has 0 unspecified atom stereocenters. The fourth-order valence-corrected chi connectivity index (χ4v) is 22.9. The van der Waals surface area contributed by atoms with Gasteiger partial charge in [-0.2, -0.15) is 0 Å². The third-order valence-corrected chi connectivity index (χ3v) is 28.0. The molecule has 0 aliphatic heterocycles. The predicted molar refractivity (Wildman–Crippen MR) is 520 cm³/mol. The zero-order valence-corrected chi connectivity index (χ0v) is 68.3. The van der Waals surface area contributed by atoms with Crippen molar-refractivity contribution < 1.29 is 0 Å². The van der Waals surface area contributed by atoms with Crippen LogP contribution in [0.2, 0.25) is 0 Å². The summed E-state index contributed by atoms with van der Waals surface area (Å²) < 4.78 is 14.6. The van der Waals surface area contributed by atoms with Gasteiger partial charge in [-0.3, -0.25) is 29.1 Å². The molecule has 15 heteroatoms. The zero-order chi connectivity index (χ0) is 81.2. The summed E-state index contributed by atoms with van der Waals surface area (Å²) in [7, 11) is 0. The first-order valence-corrected chi connectivity index (χ1v) is 43.8.